The highest BCUT2D eigenvalue weighted by Gasteiger charge is 2.21. The molecule has 0 radical (unpaired) electrons. The van der Waals surface area contributed by atoms with E-state index in [1.54, 1.807) is 6.92 Å². The fourth-order valence-corrected chi connectivity index (χ4v) is 4.07. The van der Waals surface area contributed by atoms with Crippen LogP contribution in [-0.4, -0.2) is 33.8 Å². The molecule has 2 atom stereocenters. The molecule has 3 rings (SSSR count). The van der Waals surface area contributed by atoms with Crippen LogP contribution in [0.3, 0.4) is 0 Å². The summed E-state index contributed by atoms with van der Waals surface area (Å²) in [7, 11) is 0. The second-order valence-corrected chi connectivity index (χ2v) is 8.22. The van der Waals surface area contributed by atoms with Gasteiger partial charge in [-0.3, -0.25) is 24.8 Å². The maximum Gasteiger partial charge on any atom is 0.288 e. The largest absolute Gasteiger partial charge is 0.348 e. The zero-order valence-electron chi connectivity index (χ0n) is 17.2. The van der Waals surface area contributed by atoms with Gasteiger partial charge in [0, 0.05) is 32.2 Å². The number of aromatic nitrogens is 1. The van der Waals surface area contributed by atoms with Crippen LogP contribution in [0.25, 0.3) is 0 Å². The molecule has 0 saturated carbocycles. The lowest BCUT2D eigenvalue weighted by molar-refractivity contribution is -0.385. The normalized spacial score (nSPS) is 19.7. The van der Waals surface area contributed by atoms with Crippen molar-refractivity contribution in [1.29, 1.82) is 0 Å². The molecule has 29 heavy (non-hydrogen) atoms. The average Bonchev–Trinajstić information content (AvgIpc) is 2.66. The van der Waals surface area contributed by atoms with Crippen LogP contribution in [0.15, 0.2) is 36.5 Å². The Morgan fingerprint density at radius 1 is 1.21 bits per heavy atom. The van der Waals surface area contributed by atoms with Gasteiger partial charge in [-0.2, -0.15) is 0 Å². The molecule has 154 valence electrons. The lowest BCUT2D eigenvalue weighted by Crippen LogP contribution is -2.38. The summed E-state index contributed by atoms with van der Waals surface area (Å²) in [4.78, 5) is 29.2. The van der Waals surface area contributed by atoms with E-state index in [-0.39, 0.29) is 17.2 Å². The van der Waals surface area contributed by atoms with Crippen LogP contribution >= 0.6 is 0 Å². The number of amides is 1. The second-order valence-electron chi connectivity index (χ2n) is 8.22. The monoisotopic (exact) mass is 396 g/mol. The molecule has 0 unspecified atom stereocenters. The van der Waals surface area contributed by atoms with E-state index < -0.39 is 4.92 Å². The van der Waals surface area contributed by atoms with E-state index in [4.69, 9.17) is 0 Å². The number of pyridine rings is 1. The van der Waals surface area contributed by atoms with Crippen molar-refractivity contribution in [2.75, 3.05) is 13.1 Å². The van der Waals surface area contributed by atoms with E-state index in [0.29, 0.717) is 12.2 Å². The Balaban J connectivity index is 1.57. The van der Waals surface area contributed by atoms with Crippen LogP contribution in [0.4, 0.5) is 5.69 Å². The highest BCUT2D eigenvalue weighted by atomic mass is 16.6. The minimum absolute atomic E-state index is 0.188. The Morgan fingerprint density at radius 2 is 1.83 bits per heavy atom. The Hall–Kier alpha value is -2.80. The Bertz CT molecular complexity index is 872. The quantitative estimate of drug-likeness (QED) is 0.594. The van der Waals surface area contributed by atoms with Gasteiger partial charge >= 0.3 is 0 Å². The van der Waals surface area contributed by atoms with Gasteiger partial charge in [0.15, 0.2) is 0 Å². The van der Waals surface area contributed by atoms with Crippen molar-refractivity contribution in [2.45, 2.75) is 40.3 Å². The molecule has 1 amide bonds. The van der Waals surface area contributed by atoms with Crippen LogP contribution in [0, 0.1) is 28.9 Å². The molecule has 0 spiro atoms. The van der Waals surface area contributed by atoms with Gasteiger partial charge in [0.1, 0.15) is 6.20 Å². The van der Waals surface area contributed by atoms with Gasteiger partial charge in [0.2, 0.25) is 0 Å². The first-order chi connectivity index (χ1) is 13.8. The minimum Gasteiger partial charge on any atom is -0.348 e. The number of benzene rings is 1. The zero-order chi connectivity index (χ0) is 21.0. The van der Waals surface area contributed by atoms with Gasteiger partial charge in [-0.15, -0.1) is 0 Å². The zero-order valence-corrected chi connectivity index (χ0v) is 17.2. The van der Waals surface area contributed by atoms with Crippen molar-refractivity contribution in [3.63, 3.8) is 0 Å². The number of carbonyl (C=O) groups excluding carboxylic acids is 1. The summed E-state index contributed by atoms with van der Waals surface area (Å²) >= 11 is 0. The first-order valence-corrected chi connectivity index (χ1v) is 10.0. The number of piperidine rings is 1. The summed E-state index contributed by atoms with van der Waals surface area (Å²) in [6.07, 6.45) is 2.46. The summed E-state index contributed by atoms with van der Waals surface area (Å²) in [6.45, 7) is 9.87. The van der Waals surface area contributed by atoms with Gasteiger partial charge in [-0.25, -0.2) is 0 Å². The minimum atomic E-state index is -0.550. The topological polar surface area (TPSA) is 88.4 Å². The first kappa shape index (κ1) is 20.9. The molecule has 2 aromatic rings. The third-order valence-corrected chi connectivity index (χ3v) is 5.35. The van der Waals surface area contributed by atoms with Crippen molar-refractivity contribution >= 4 is 11.6 Å². The van der Waals surface area contributed by atoms with E-state index in [9.17, 15) is 14.9 Å². The molecule has 0 aliphatic carbocycles. The van der Waals surface area contributed by atoms with Crippen LogP contribution in [0.5, 0.6) is 0 Å². The highest BCUT2D eigenvalue weighted by molar-refractivity contribution is 5.95. The predicted molar refractivity (Wildman–Crippen MR) is 111 cm³/mol. The standard InChI is InChI=1S/C22H28N4O3/c1-15-8-16(2)13-25(12-15)14-19-6-4-18(5-7-19)10-24-22(27)21-9-20(26(28)29)11-23-17(21)3/h4-7,9,11,15-16H,8,10,12-14H2,1-3H3,(H,24,27)/t15-,16-/m0/s1. The van der Waals surface area contributed by atoms with Gasteiger partial charge in [0.05, 0.1) is 16.2 Å². The number of nitrogens with one attached hydrogen (secondary N) is 1. The fourth-order valence-electron chi connectivity index (χ4n) is 4.07. The van der Waals surface area contributed by atoms with Gasteiger partial charge in [0.25, 0.3) is 11.6 Å². The Morgan fingerprint density at radius 3 is 2.45 bits per heavy atom. The molecule has 7 heteroatoms. The molecule has 7 nitrogen and oxygen atoms in total. The fraction of sp³-hybridized carbons (Fsp3) is 0.455. The summed E-state index contributed by atoms with van der Waals surface area (Å²) in [6, 6.07) is 9.51. The van der Waals surface area contributed by atoms with Crippen LogP contribution in [0.1, 0.15) is 47.4 Å². The molecule has 1 N–H and O–H groups in total. The van der Waals surface area contributed by atoms with E-state index in [1.807, 2.05) is 12.1 Å². The summed E-state index contributed by atoms with van der Waals surface area (Å²) in [5, 5.41) is 13.7. The predicted octanol–water partition coefficient (Wildman–Crippen LogP) is 3.71. The van der Waals surface area contributed by atoms with E-state index >= 15 is 0 Å². The average molecular weight is 396 g/mol. The van der Waals surface area contributed by atoms with Gasteiger partial charge in [-0.1, -0.05) is 38.1 Å². The number of hydrogen-bond acceptors (Lipinski definition) is 5. The molecule has 2 heterocycles. The molecule has 1 aliphatic heterocycles. The van der Waals surface area contributed by atoms with Crippen molar-refractivity contribution in [3.8, 4) is 0 Å². The number of nitrogens with zero attached hydrogens (tertiary/aromatic N) is 3. The van der Waals surface area contributed by atoms with Gasteiger partial charge < -0.3 is 5.32 Å². The Labute approximate surface area is 171 Å². The Kier molecular flexibility index (Phi) is 6.59. The number of aryl methyl sites for hydroxylation is 1. The molecule has 0 bridgehead atoms. The van der Waals surface area contributed by atoms with Crippen LogP contribution in [-0.2, 0) is 13.1 Å². The third kappa shape index (κ3) is 5.60. The maximum absolute atomic E-state index is 12.4. The number of hydrogen-bond donors (Lipinski definition) is 1. The number of nitro groups is 1. The van der Waals surface area contributed by atoms with E-state index in [0.717, 1.165) is 43.2 Å². The van der Waals surface area contributed by atoms with E-state index in [2.05, 4.69) is 41.2 Å². The molecule has 1 saturated heterocycles. The number of likely N-dealkylation sites (tertiary alicyclic amines) is 1. The smallest absolute Gasteiger partial charge is 0.288 e. The molecule has 1 aromatic heterocycles. The summed E-state index contributed by atoms with van der Waals surface area (Å²) < 4.78 is 0. The third-order valence-electron chi connectivity index (χ3n) is 5.35. The van der Waals surface area contributed by atoms with Crippen LogP contribution in [0.2, 0.25) is 0 Å². The van der Waals surface area contributed by atoms with E-state index in [1.165, 1.54) is 18.1 Å². The van der Waals surface area contributed by atoms with Gasteiger partial charge in [-0.05, 0) is 36.3 Å². The van der Waals surface area contributed by atoms with Crippen molar-refractivity contribution in [2.24, 2.45) is 11.8 Å². The van der Waals surface area contributed by atoms with Crippen molar-refractivity contribution in [1.82, 2.24) is 15.2 Å². The molecular formula is C22H28N4O3. The molecule has 1 fully saturated rings. The maximum atomic E-state index is 12.4. The molecule has 1 aromatic carbocycles. The number of carbonyl (C=O) groups is 1. The number of rotatable bonds is 6. The SMILES string of the molecule is Cc1ncc([N+](=O)[O-])cc1C(=O)NCc1ccc(CN2C[C@@H](C)C[C@H](C)C2)cc1. The van der Waals surface area contributed by atoms with Crippen LogP contribution < -0.4 is 5.32 Å². The summed E-state index contributed by atoms with van der Waals surface area (Å²) in [5.74, 6) is 1.11. The highest BCUT2D eigenvalue weighted by Crippen LogP contribution is 2.22. The molecular weight excluding hydrogens is 368 g/mol. The first-order valence-electron chi connectivity index (χ1n) is 10.0. The van der Waals surface area contributed by atoms with Crippen molar-refractivity contribution < 1.29 is 9.72 Å². The molecule has 1 aliphatic rings. The second kappa shape index (κ2) is 9.13. The van der Waals surface area contributed by atoms with Crippen molar-refractivity contribution in [3.05, 3.63) is 69.0 Å². The lowest BCUT2D eigenvalue weighted by atomic mass is 9.91. The lowest BCUT2D eigenvalue weighted by Gasteiger charge is -2.35. The summed E-state index contributed by atoms with van der Waals surface area (Å²) in [5.41, 5.74) is 2.75.